The summed E-state index contributed by atoms with van der Waals surface area (Å²) in [5.41, 5.74) is 5.71. The normalized spacial score (nSPS) is 33.1. The zero-order chi connectivity index (χ0) is 10.8. The van der Waals surface area contributed by atoms with Gasteiger partial charge in [0.1, 0.15) is 0 Å². The average molecular weight is 239 g/mol. The van der Waals surface area contributed by atoms with E-state index in [0.29, 0.717) is 5.75 Å². The lowest BCUT2D eigenvalue weighted by Crippen LogP contribution is -2.26. The van der Waals surface area contributed by atoms with E-state index in [9.17, 15) is 13.5 Å². The minimum absolute atomic E-state index is 0.0912. The predicted molar refractivity (Wildman–Crippen MR) is 59.2 cm³/mol. The molecular weight excluding hydrogens is 222 g/mol. The molecule has 1 saturated heterocycles. The first-order valence-electron chi connectivity index (χ1n) is 4.70. The minimum atomic E-state index is -3.01. The van der Waals surface area contributed by atoms with Crippen LogP contribution in [0.1, 0.15) is 13.3 Å². The largest absolute Gasteiger partial charge is 0.391 e. The van der Waals surface area contributed by atoms with Crippen LogP contribution in [0.4, 0.5) is 0 Å². The molecule has 0 aromatic rings. The van der Waals surface area contributed by atoms with Gasteiger partial charge in [-0.25, -0.2) is 8.42 Å². The number of sulfone groups is 1. The second kappa shape index (κ2) is 4.83. The minimum Gasteiger partial charge on any atom is -0.391 e. The summed E-state index contributed by atoms with van der Waals surface area (Å²) < 4.78 is 22.3. The van der Waals surface area contributed by atoms with Crippen LogP contribution in [0.3, 0.4) is 0 Å². The molecule has 4 nitrogen and oxygen atoms in total. The Morgan fingerprint density at radius 1 is 1.57 bits per heavy atom. The van der Waals surface area contributed by atoms with Crippen LogP contribution < -0.4 is 5.73 Å². The Labute approximate surface area is 89.2 Å². The lowest BCUT2D eigenvalue weighted by molar-refractivity contribution is 0.207. The summed E-state index contributed by atoms with van der Waals surface area (Å²) in [5.74, 6) is 0.717. The monoisotopic (exact) mass is 239 g/mol. The second-order valence-corrected chi connectivity index (χ2v) is 7.11. The number of hydrogen-bond acceptors (Lipinski definition) is 5. The van der Waals surface area contributed by atoms with Crippen LogP contribution in [0.5, 0.6) is 0 Å². The van der Waals surface area contributed by atoms with Gasteiger partial charge < -0.3 is 10.8 Å². The predicted octanol–water partition coefficient (Wildman–Crippen LogP) is -0.385. The second-order valence-electron chi connectivity index (χ2n) is 3.68. The molecule has 3 unspecified atom stereocenters. The molecule has 0 aromatic carbocycles. The van der Waals surface area contributed by atoms with Crippen molar-refractivity contribution >= 4 is 21.6 Å². The highest BCUT2D eigenvalue weighted by molar-refractivity contribution is 8.01. The van der Waals surface area contributed by atoms with E-state index in [2.05, 4.69) is 0 Å². The first-order valence-corrected chi connectivity index (χ1v) is 7.57. The maximum Gasteiger partial charge on any atom is 0.154 e. The molecule has 0 saturated carbocycles. The lowest BCUT2D eigenvalue weighted by Gasteiger charge is -2.14. The Morgan fingerprint density at radius 2 is 2.21 bits per heavy atom. The molecule has 1 aliphatic heterocycles. The van der Waals surface area contributed by atoms with Crippen LogP contribution in [0.25, 0.3) is 0 Å². The first kappa shape index (κ1) is 12.3. The highest BCUT2D eigenvalue weighted by Gasteiger charge is 2.36. The van der Waals surface area contributed by atoms with Crippen LogP contribution in [-0.4, -0.2) is 48.2 Å². The standard InChI is InChI=1S/C8H17NO3S2/c1-2-6(9)3-13-8-5-14(11,12)4-7(8)10/h6-8,10H,2-5,9H2,1H3. The average Bonchev–Trinajstić information content (AvgIpc) is 2.35. The molecule has 0 spiro atoms. The van der Waals surface area contributed by atoms with E-state index in [0.717, 1.165) is 6.42 Å². The van der Waals surface area contributed by atoms with Crippen molar-refractivity contribution < 1.29 is 13.5 Å². The molecule has 0 amide bonds. The molecule has 1 aliphatic rings. The third kappa shape index (κ3) is 3.42. The number of nitrogens with two attached hydrogens (primary N) is 1. The molecule has 0 aliphatic carbocycles. The van der Waals surface area contributed by atoms with Gasteiger partial charge in [-0.1, -0.05) is 6.92 Å². The van der Waals surface area contributed by atoms with Crippen molar-refractivity contribution in [3.63, 3.8) is 0 Å². The SMILES string of the molecule is CCC(N)CSC1CS(=O)(=O)CC1O. The van der Waals surface area contributed by atoms with Gasteiger partial charge in [-0.3, -0.25) is 0 Å². The van der Waals surface area contributed by atoms with Crippen LogP contribution in [0.2, 0.25) is 0 Å². The van der Waals surface area contributed by atoms with Gasteiger partial charge in [0.25, 0.3) is 0 Å². The van der Waals surface area contributed by atoms with Gasteiger partial charge in [-0.05, 0) is 6.42 Å². The zero-order valence-electron chi connectivity index (χ0n) is 8.22. The molecular formula is C8H17NO3S2. The Bertz CT molecular complexity index is 278. The summed E-state index contributed by atoms with van der Waals surface area (Å²) in [6.45, 7) is 1.99. The zero-order valence-corrected chi connectivity index (χ0v) is 9.85. The smallest absolute Gasteiger partial charge is 0.154 e. The van der Waals surface area contributed by atoms with Crippen molar-refractivity contribution in [3.8, 4) is 0 Å². The molecule has 3 atom stereocenters. The number of thioether (sulfide) groups is 1. The molecule has 14 heavy (non-hydrogen) atoms. The van der Waals surface area contributed by atoms with Gasteiger partial charge in [0.2, 0.25) is 0 Å². The van der Waals surface area contributed by atoms with Crippen molar-refractivity contribution in [2.45, 2.75) is 30.7 Å². The summed E-state index contributed by atoms with van der Waals surface area (Å²) in [6, 6.07) is 0.0931. The summed E-state index contributed by atoms with van der Waals surface area (Å²) in [6.07, 6.45) is 0.164. The summed E-state index contributed by atoms with van der Waals surface area (Å²) >= 11 is 1.47. The van der Waals surface area contributed by atoms with Gasteiger partial charge in [0.05, 0.1) is 17.6 Å². The quantitative estimate of drug-likeness (QED) is 0.699. The van der Waals surface area contributed by atoms with Gasteiger partial charge in [-0.2, -0.15) is 11.8 Å². The van der Waals surface area contributed by atoms with Crippen molar-refractivity contribution in [1.29, 1.82) is 0 Å². The summed E-state index contributed by atoms with van der Waals surface area (Å²) in [5, 5.41) is 9.29. The number of aliphatic hydroxyl groups excluding tert-OH is 1. The van der Waals surface area contributed by atoms with Gasteiger partial charge >= 0.3 is 0 Å². The van der Waals surface area contributed by atoms with E-state index in [-0.39, 0.29) is 22.8 Å². The lowest BCUT2D eigenvalue weighted by atomic mass is 10.3. The maximum atomic E-state index is 11.2. The topological polar surface area (TPSA) is 80.4 Å². The third-order valence-electron chi connectivity index (χ3n) is 2.32. The van der Waals surface area contributed by atoms with Crippen LogP contribution in [-0.2, 0) is 9.84 Å². The van der Waals surface area contributed by atoms with Crippen molar-refractivity contribution in [3.05, 3.63) is 0 Å². The Morgan fingerprint density at radius 3 is 2.64 bits per heavy atom. The number of hydrogen-bond donors (Lipinski definition) is 2. The van der Waals surface area contributed by atoms with Gasteiger partial charge in [-0.15, -0.1) is 0 Å². The van der Waals surface area contributed by atoms with Crippen LogP contribution >= 0.6 is 11.8 Å². The Kier molecular flexibility index (Phi) is 4.24. The molecule has 0 aromatic heterocycles. The molecule has 1 fully saturated rings. The highest BCUT2D eigenvalue weighted by Crippen LogP contribution is 2.25. The van der Waals surface area contributed by atoms with E-state index in [1.54, 1.807) is 0 Å². The summed E-state index contributed by atoms with van der Waals surface area (Å²) in [7, 11) is -3.01. The molecule has 1 rings (SSSR count). The fraction of sp³-hybridized carbons (Fsp3) is 1.00. The summed E-state index contributed by atoms with van der Waals surface area (Å²) in [4.78, 5) is 0. The Hall–Kier alpha value is 0.220. The fourth-order valence-electron chi connectivity index (χ4n) is 1.32. The molecule has 0 bridgehead atoms. The molecule has 3 N–H and O–H groups in total. The number of aliphatic hydroxyl groups is 1. The van der Waals surface area contributed by atoms with Gasteiger partial charge in [0.15, 0.2) is 9.84 Å². The highest BCUT2D eigenvalue weighted by atomic mass is 32.2. The maximum absolute atomic E-state index is 11.2. The Balaban J connectivity index is 2.40. The third-order valence-corrected chi connectivity index (χ3v) is 5.78. The van der Waals surface area contributed by atoms with Crippen molar-refractivity contribution in [2.24, 2.45) is 5.73 Å². The molecule has 84 valence electrons. The number of rotatable bonds is 4. The van der Waals surface area contributed by atoms with E-state index in [1.807, 2.05) is 6.92 Å². The molecule has 6 heteroatoms. The van der Waals surface area contributed by atoms with E-state index >= 15 is 0 Å². The first-order chi connectivity index (χ1) is 6.44. The fourth-order valence-corrected chi connectivity index (χ4v) is 5.11. The molecule has 0 radical (unpaired) electrons. The van der Waals surface area contributed by atoms with E-state index in [4.69, 9.17) is 5.73 Å². The van der Waals surface area contributed by atoms with Crippen LogP contribution in [0, 0.1) is 0 Å². The van der Waals surface area contributed by atoms with Crippen LogP contribution in [0.15, 0.2) is 0 Å². The van der Waals surface area contributed by atoms with Crippen molar-refractivity contribution in [2.75, 3.05) is 17.3 Å². The van der Waals surface area contributed by atoms with Gasteiger partial charge in [0, 0.05) is 17.0 Å². The van der Waals surface area contributed by atoms with E-state index in [1.165, 1.54) is 11.8 Å². The molecule has 1 heterocycles. The van der Waals surface area contributed by atoms with Crippen molar-refractivity contribution in [1.82, 2.24) is 0 Å². The van der Waals surface area contributed by atoms with E-state index < -0.39 is 15.9 Å².